The van der Waals surface area contributed by atoms with Gasteiger partial charge in [0.1, 0.15) is 6.04 Å². The molecule has 2 rings (SSSR count). The molecule has 4 nitrogen and oxygen atoms in total. The summed E-state index contributed by atoms with van der Waals surface area (Å²) in [4.78, 5) is 28.0. The summed E-state index contributed by atoms with van der Waals surface area (Å²) in [6.45, 7) is 11.2. The van der Waals surface area contributed by atoms with Crippen molar-refractivity contribution in [3.63, 3.8) is 0 Å². The summed E-state index contributed by atoms with van der Waals surface area (Å²) < 4.78 is 0. The first-order valence-electron chi connectivity index (χ1n) is 11.7. The molecule has 0 spiro atoms. The molecule has 0 aromatic heterocycles. The van der Waals surface area contributed by atoms with Crippen LogP contribution in [0.25, 0.3) is 0 Å². The first-order valence-corrected chi connectivity index (χ1v) is 12.5. The van der Waals surface area contributed by atoms with Gasteiger partial charge in [0, 0.05) is 19.5 Å². The fraction of sp³-hybridized carbons (Fsp3) is 0.481. The second-order valence-corrected chi connectivity index (χ2v) is 10.0. The zero-order chi connectivity index (χ0) is 24.5. The molecule has 1 N–H and O–H groups in total. The number of carbonyl (C=O) groups is 2. The maximum absolute atomic E-state index is 13.4. The summed E-state index contributed by atoms with van der Waals surface area (Å²) in [6.07, 6.45) is 1.48. The average molecular weight is 492 g/mol. The monoisotopic (exact) mass is 490 g/mol. The van der Waals surface area contributed by atoms with E-state index in [9.17, 15) is 9.59 Å². The topological polar surface area (TPSA) is 49.4 Å². The first-order chi connectivity index (χ1) is 15.6. The number of carbonyl (C=O) groups excluding carboxylic acids is 2. The normalized spacial score (nSPS) is 12.2. The van der Waals surface area contributed by atoms with E-state index in [1.54, 1.807) is 17.0 Å². The first kappa shape index (κ1) is 27.2. The molecule has 2 aromatic carbocycles. The van der Waals surface area contributed by atoms with Crippen LogP contribution in [-0.2, 0) is 22.6 Å². The van der Waals surface area contributed by atoms with Crippen molar-refractivity contribution in [1.82, 2.24) is 10.2 Å². The Morgan fingerprint density at radius 3 is 2.12 bits per heavy atom. The molecule has 33 heavy (non-hydrogen) atoms. The van der Waals surface area contributed by atoms with Gasteiger partial charge in [0.2, 0.25) is 11.8 Å². The van der Waals surface area contributed by atoms with Gasteiger partial charge in [-0.25, -0.2) is 0 Å². The van der Waals surface area contributed by atoms with E-state index < -0.39 is 6.04 Å². The second kappa shape index (κ2) is 13.0. The van der Waals surface area contributed by atoms with Gasteiger partial charge < -0.3 is 10.2 Å². The molecule has 0 radical (unpaired) electrons. The van der Waals surface area contributed by atoms with Crippen molar-refractivity contribution in [3.05, 3.63) is 69.2 Å². The van der Waals surface area contributed by atoms with Crippen molar-refractivity contribution in [2.24, 2.45) is 5.92 Å². The molecule has 6 heteroatoms. The van der Waals surface area contributed by atoms with Crippen molar-refractivity contribution < 1.29 is 9.59 Å². The lowest BCUT2D eigenvalue weighted by molar-refractivity contribution is -0.141. The summed E-state index contributed by atoms with van der Waals surface area (Å²) >= 11 is 12.3. The lowest BCUT2D eigenvalue weighted by Crippen LogP contribution is -2.49. The minimum Gasteiger partial charge on any atom is -0.354 e. The highest BCUT2D eigenvalue weighted by Crippen LogP contribution is 2.24. The number of rotatable bonds is 11. The molecule has 0 aliphatic heterocycles. The minimum atomic E-state index is -0.547. The third-order valence-corrected chi connectivity index (χ3v) is 6.42. The largest absolute Gasteiger partial charge is 0.354 e. The number of amides is 2. The van der Waals surface area contributed by atoms with Crippen molar-refractivity contribution in [1.29, 1.82) is 0 Å². The molecule has 180 valence electrons. The smallest absolute Gasteiger partial charge is 0.242 e. The lowest BCUT2D eigenvalue weighted by atomic mass is 10.00. The van der Waals surface area contributed by atoms with Crippen molar-refractivity contribution in [2.45, 2.75) is 72.4 Å². The van der Waals surface area contributed by atoms with Crippen LogP contribution in [0.4, 0.5) is 0 Å². The Balaban J connectivity index is 2.20. The molecule has 2 amide bonds. The highest BCUT2D eigenvalue weighted by molar-refractivity contribution is 6.42. The van der Waals surface area contributed by atoms with Crippen LogP contribution in [0.5, 0.6) is 0 Å². The van der Waals surface area contributed by atoms with Crippen LogP contribution in [0.2, 0.25) is 10.0 Å². The highest BCUT2D eigenvalue weighted by atomic mass is 35.5. The number of hydrogen-bond acceptors (Lipinski definition) is 2. The Hall–Kier alpha value is -2.04. The summed E-state index contributed by atoms with van der Waals surface area (Å²) in [5.74, 6) is 0.623. The molecule has 0 aliphatic carbocycles. The lowest BCUT2D eigenvalue weighted by Gasteiger charge is -2.31. The van der Waals surface area contributed by atoms with E-state index in [0.29, 0.717) is 54.2 Å². The van der Waals surface area contributed by atoms with Crippen molar-refractivity contribution in [2.75, 3.05) is 6.54 Å². The highest BCUT2D eigenvalue weighted by Gasteiger charge is 2.28. The number of halogens is 2. The van der Waals surface area contributed by atoms with Gasteiger partial charge in [-0.3, -0.25) is 9.59 Å². The summed E-state index contributed by atoms with van der Waals surface area (Å²) in [7, 11) is 0. The number of benzene rings is 2. The van der Waals surface area contributed by atoms with Crippen LogP contribution in [0.15, 0.2) is 42.5 Å². The SMILES string of the molecule is CCC(C(=O)NCC(C)C)N(Cc1ccc(Cl)c(Cl)c1)C(=O)CCc1ccc(C(C)C)cc1. The van der Waals surface area contributed by atoms with Gasteiger partial charge in [0.25, 0.3) is 0 Å². The molecular formula is C27H36Cl2N2O2. The second-order valence-electron chi connectivity index (χ2n) is 9.23. The summed E-state index contributed by atoms with van der Waals surface area (Å²) in [5, 5.41) is 3.88. The molecule has 0 aliphatic rings. The Bertz CT molecular complexity index is 926. The standard InChI is InChI=1S/C27H36Cl2N2O2/c1-6-25(27(33)30-16-18(2)3)31(17-21-9-13-23(28)24(29)15-21)26(32)14-10-20-7-11-22(12-8-20)19(4)5/h7-9,11-13,15,18-19,25H,6,10,14,16-17H2,1-5H3,(H,30,33). The molecule has 0 bridgehead atoms. The van der Waals surface area contributed by atoms with E-state index in [1.165, 1.54) is 5.56 Å². The van der Waals surface area contributed by atoms with Gasteiger partial charge in [-0.1, -0.05) is 88.2 Å². The van der Waals surface area contributed by atoms with Gasteiger partial charge in [0.05, 0.1) is 10.0 Å². The quantitative estimate of drug-likeness (QED) is 0.384. The van der Waals surface area contributed by atoms with Crippen LogP contribution in [0.3, 0.4) is 0 Å². The third kappa shape index (κ3) is 8.35. The van der Waals surface area contributed by atoms with E-state index in [2.05, 4.69) is 43.4 Å². The Labute approximate surface area is 208 Å². The van der Waals surface area contributed by atoms with Gasteiger partial charge in [-0.05, 0) is 53.5 Å². The van der Waals surface area contributed by atoms with E-state index in [-0.39, 0.29) is 11.8 Å². The number of nitrogens with zero attached hydrogens (tertiary/aromatic N) is 1. The van der Waals surface area contributed by atoms with Gasteiger partial charge in [-0.15, -0.1) is 0 Å². The zero-order valence-electron chi connectivity index (χ0n) is 20.3. The van der Waals surface area contributed by atoms with Crippen LogP contribution < -0.4 is 5.32 Å². The molecule has 0 heterocycles. The fourth-order valence-electron chi connectivity index (χ4n) is 3.64. The zero-order valence-corrected chi connectivity index (χ0v) is 21.8. The van der Waals surface area contributed by atoms with Gasteiger partial charge in [0.15, 0.2) is 0 Å². The van der Waals surface area contributed by atoms with Crippen molar-refractivity contribution in [3.8, 4) is 0 Å². The summed E-state index contributed by atoms with van der Waals surface area (Å²) in [5.41, 5.74) is 3.23. The van der Waals surface area contributed by atoms with E-state index in [1.807, 2.05) is 26.8 Å². The fourth-order valence-corrected chi connectivity index (χ4v) is 3.96. The molecule has 0 fully saturated rings. The minimum absolute atomic E-state index is 0.0550. The predicted molar refractivity (Wildman–Crippen MR) is 138 cm³/mol. The van der Waals surface area contributed by atoms with Crippen LogP contribution in [0.1, 0.15) is 70.1 Å². The van der Waals surface area contributed by atoms with Gasteiger partial charge in [-0.2, -0.15) is 0 Å². The maximum Gasteiger partial charge on any atom is 0.242 e. The molecule has 0 saturated carbocycles. The van der Waals surface area contributed by atoms with Crippen LogP contribution in [-0.4, -0.2) is 29.3 Å². The third-order valence-electron chi connectivity index (χ3n) is 5.68. The van der Waals surface area contributed by atoms with Crippen LogP contribution in [0, 0.1) is 5.92 Å². The van der Waals surface area contributed by atoms with Gasteiger partial charge >= 0.3 is 0 Å². The molecule has 1 atom stereocenters. The number of nitrogens with one attached hydrogen (secondary N) is 1. The number of aryl methyl sites for hydroxylation is 1. The summed E-state index contributed by atoms with van der Waals surface area (Å²) in [6, 6.07) is 13.2. The Morgan fingerprint density at radius 1 is 0.939 bits per heavy atom. The Morgan fingerprint density at radius 2 is 1.58 bits per heavy atom. The molecule has 2 aromatic rings. The Kier molecular flexibility index (Phi) is 10.7. The molecule has 0 saturated heterocycles. The van der Waals surface area contributed by atoms with E-state index in [0.717, 1.165) is 11.1 Å². The van der Waals surface area contributed by atoms with E-state index >= 15 is 0 Å². The molecule has 1 unspecified atom stereocenters. The van der Waals surface area contributed by atoms with Crippen LogP contribution >= 0.6 is 23.2 Å². The maximum atomic E-state index is 13.4. The van der Waals surface area contributed by atoms with E-state index in [4.69, 9.17) is 23.2 Å². The predicted octanol–water partition coefficient (Wildman–Crippen LogP) is 6.63. The molecular weight excluding hydrogens is 455 g/mol. The number of hydrogen-bond donors (Lipinski definition) is 1. The van der Waals surface area contributed by atoms with Crippen molar-refractivity contribution >= 4 is 35.0 Å². The average Bonchev–Trinajstić information content (AvgIpc) is 2.78.